The number of thiocarbonyl (C=S) groups is 1. The summed E-state index contributed by atoms with van der Waals surface area (Å²) in [6.45, 7) is 4.14. The second-order valence-electron chi connectivity index (χ2n) is 5.48. The standard InChI is InChI=1S/C20H17F2NOS/c1-3-4-14(2)24-17-9-7-15(8-10-17)5-6-16-11-18(21)20(23-13-25)19(22)12-16/h7-12,14H,3-4H2,1-2H3. The molecular formula is C20H17F2NOS. The minimum atomic E-state index is -0.824. The van der Waals surface area contributed by atoms with E-state index in [1.165, 1.54) is 0 Å². The zero-order chi connectivity index (χ0) is 18.2. The third kappa shape index (κ3) is 5.49. The largest absolute Gasteiger partial charge is 0.491 e. The van der Waals surface area contributed by atoms with Crippen molar-refractivity contribution in [3.63, 3.8) is 0 Å². The van der Waals surface area contributed by atoms with Crippen molar-refractivity contribution in [1.29, 1.82) is 0 Å². The van der Waals surface area contributed by atoms with Crippen molar-refractivity contribution < 1.29 is 13.5 Å². The number of halogens is 2. The summed E-state index contributed by atoms with van der Waals surface area (Å²) in [6.07, 6.45) is 2.20. The Morgan fingerprint density at radius 1 is 1.08 bits per heavy atom. The van der Waals surface area contributed by atoms with Crippen molar-refractivity contribution in [2.75, 3.05) is 0 Å². The van der Waals surface area contributed by atoms with E-state index in [4.69, 9.17) is 4.74 Å². The maximum absolute atomic E-state index is 13.8. The van der Waals surface area contributed by atoms with E-state index in [9.17, 15) is 8.78 Å². The molecule has 0 bridgehead atoms. The van der Waals surface area contributed by atoms with Crippen LogP contribution in [-0.2, 0) is 0 Å². The molecule has 0 amide bonds. The van der Waals surface area contributed by atoms with E-state index in [1.807, 2.05) is 24.2 Å². The Kier molecular flexibility index (Phi) is 6.82. The maximum atomic E-state index is 13.8. The molecule has 0 aliphatic carbocycles. The Morgan fingerprint density at radius 2 is 1.68 bits per heavy atom. The van der Waals surface area contributed by atoms with Crippen LogP contribution in [0.15, 0.2) is 41.4 Å². The molecule has 2 aromatic carbocycles. The molecule has 5 heteroatoms. The highest BCUT2D eigenvalue weighted by atomic mass is 32.1. The molecule has 0 spiro atoms. The quantitative estimate of drug-likeness (QED) is 0.391. The highest BCUT2D eigenvalue weighted by molar-refractivity contribution is 7.78. The van der Waals surface area contributed by atoms with Gasteiger partial charge in [0.1, 0.15) is 11.4 Å². The molecule has 0 aliphatic heterocycles. The van der Waals surface area contributed by atoms with Crippen LogP contribution in [0, 0.1) is 23.5 Å². The van der Waals surface area contributed by atoms with Gasteiger partial charge in [0.25, 0.3) is 0 Å². The molecule has 0 aromatic heterocycles. The van der Waals surface area contributed by atoms with Gasteiger partial charge >= 0.3 is 0 Å². The minimum absolute atomic E-state index is 0.154. The van der Waals surface area contributed by atoms with E-state index < -0.39 is 17.3 Å². The van der Waals surface area contributed by atoms with Gasteiger partial charge in [-0.05, 0) is 62.0 Å². The predicted octanol–water partition coefficient (Wildman–Crippen LogP) is 5.67. The molecule has 0 saturated carbocycles. The van der Waals surface area contributed by atoms with Crippen molar-refractivity contribution in [2.45, 2.75) is 32.8 Å². The van der Waals surface area contributed by atoms with E-state index in [0.29, 0.717) is 0 Å². The first-order valence-electron chi connectivity index (χ1n) is 7.89. The fourth-order valence-electron chi connectivity index (χ4n) is 2.25. The van der Waals surface area contributed by atoms with E-state index in [0.717, 1.165) is 36.3 Å². The van der Waals surface area contributed by atoms with Crippen molar-refractivity contribution in [3.8, 4) is 17.6 Å². The SMILES string of the molecule is CCCC(C)Oc1ccc(C#Cc2cc(F)c(N=C=S)c(F)c2)cc1. The predicted molar refractivity (Wildman–Crippen MR) is 98.5 cm³/mol. The van der Waals surface area contributed by atoms with Crippen LogP contribution < -0.4 is 4.74 Å². The number of nitrogens with zero attached hydrogens (tertiary/aromatic N) is 1. The summed E-state index contributed by atoms with van der Waals surface area (Å²) in [4.78, 5) is 3.36. The molecule has 0 heterocycles. The molecule has 0 aliphatic rings. The van der Waals surface area contributed by atoms with Gasteiger partial charge in [0.05, 0.1) is 11.3 Å². The van der Waals surface area contributed by atoms with Crippen LogP contribution in [-0.4, -0.2) is 11.3 Å². The number of benzene rings is 2. The first-order chi connectivity index (χ1) is 12.0. The van der Waals surface area contributed by atoms with Crippen LogP contribution >= 0.6 is 12.2 Å². The lowest BCUT2D eigenvalue weighted by Gasteiger charge is -2.13. The topological polar surface area (TPSA) is 21.6 Å². The van der Waals surface area contributed by atoms with Gasteiger partial charge in [-0.15, -0.1) is 0 Å². The van der Waals surface area contributed by atoms with Gasteiger partial charge in [0.2, 0.25) is 0 Å². The zero-order valence-corrected chi connectivity index (χ0v) is 14.8. The lowest BCUT2D eigenvalue weighted by atomic mass is 10.1. The van der Waals surface area contributed by atoms with Crippen LogP contribution in [0.2, 0.25) is 0 Å². The molecule has 0 saturated heterocycles. The Labute approximate surface area is 151 Å². The molecular weight excluding hydrogens is 340 g/mol. The van der Waals surface area contributed by atoms with Crippen LogP contribution in [0.4, 0.5) is 14.5 Å². The molecule has 2 nitrogen and oxygen atoms in total. The molecule has 2 aromatic rings. The third-order valence-electron chi connectivity index (χ3n) is 3.41. The van der Waals surface area contributed by atoms with Crippen molar-refractivity contribution in [3.05, 3.63) is 59.2 Å². The summed E-state index contributed by atoms with van der Waals surface area (Å²) in [5.41, 5.74) is 0.482. The maximum Gasteiger partial charge on any atom is 0.153 e. The van der Waals surface area contributed by atoms with Crippen LogP contribution in [0.1, 0.15) is 37.8 Å². The van der Waals surface area contributed by atoms with E-state index >= 15 is 0 Å². The second kappa shape index (κ2) is 9.08. The summed E-state index contributed by atoms with van der Waals surface area (Å²) in [5.74, 6) is 4.72. The number of rotatable bonds is 5. The fourth-order valence-corrected chi connectivity index (χ4v) is 2.34. The average molecular weight is 357 g/mol. The number of isothiocyanates is 1. The van der Waals surface area contributed by atoms with Gasteiger partial charge in [-0.1, -0.05) is 25.2 Å². The van der Waals surface area contributed by atoms with Gasteiger partial charge in [0, 0.05) is 11.1 Å². The zero-order valence-electron chi connectivity index (χ0n) is 14.0. The average Bonchev–Trinajstić information content (AvgIpc) is 2.58. The Balaban J connectivity index is 2.14. The summed E-state index contributed by atoms with van der Waals surface area (Å²) in [5, 5.41) is 1.95. The van der Waals surface area contributed by atoms with Crippen molar-refractivity contribution in [2.24, 2.45) is 4.99 Å². The molecule has 0 fully saturated rings. The number of ether oxygens (including phenoxy) is 1. The fraction of sp³-hybridized carbons (Fsp3) is 0.250. The van der Waals surface area contributed by atoms with Crippen molar-refractivity contribution in [1.82, 2.24) is 0 Å². The Hall–Kier alpha value is -2.54. The summed E-state index contributed by atoms with van der Waals surface area (Å²) in [6, 6.07) is 9.50. The number of aliphatic imine (C=N–C) groups is 1. The highest BCUT2D eigenvalue weighted by Crippen LogP contribution is 2.23. The van der Waals surface area contributed by atoms with E-state index in [2.05, 4.69) is 36.0 Å². The molecule has 25 heavy (non-hydrogen) atoms. The Bertz CT molecular complexity index is 823. The molecule has 0 N–H and O–H groups in total. The van der Waals surface area contributed by atoms with Crippen LogP contribution in [0.25, 0.3) is 0 Å². The van der Waals surface area contributed by atoms with Gasteiger partial charge in [-0.25, -0.2) is 8.78 Å². The smallest absolute Gasteiger partial charge is 0.153 e. The number of hydrogen-bond donors (Lipinski definition) is 0. The minimum Gasteiger partial charge on any atom is -0.491 e. The summed E-state index contributed by atoms with van der Waals surface area (Å²) < 4.78 is 33.3. The van der Waals surface area contributed by atoms with E-state index in [1.54, 1.807) is 12.1 Å². The lowest BCUT2D eigenvalue weighted by Crippen LogP contribution is -2.10. The second-order valence-corrected chi connectivity index (χ2v) is 5.67. The summed E-state index contributed by atoms with van der Waals surface area (Å²) >= 11 is 4.36. The normalized spacial score (nSPS) is 11.0. The summed E-state index contributed by atoms with van der Waals surface area (Å²) in [7, 11) is 0. The van der Waals surface area contributed by atoms with Gasteiger partial charge in [-0.3, -0.25) is 0 Å². The van der Waals surface area contributed by atoms with Gasteiger partial charge in [-0.2, -0.15) is 4.99 Å². The monoisotopic (exact) mass is 357 g/mol. The number of hydrogen-bond acceptors (Lipinski definition) is 3. The van der Waals surface area contributed by atoms with Gasteiger partial charge in [0.15, 0.2) is 11.6 Å². The third-order valence-corrected chi connectivity index (χ3v) is 3.50. The molecule has 0 radical (unpaired) electrons. The van der Waals surface area contributed by atoms with Crippen LogP contribution in [0.5, 0.6) is 5.75 Å². The highest BCUT2D eigenvalue weighted by Gasteiger charge is 2.09. The Morgan fingerprint density at radius 3 is 2.24 bits per heavy atom. The van der Waals surface area contributed by atoms with Crippen LogP contribution in [0.3, 0.4) is 0 Å². The van der Waals surface area contributed by atoms with Crippen molar-refractivity contribution >= 4 is 23.1 Å². The molecule has 2 rings (SSSR count). The molecule has 1 atom stereocenters. The molecule has 128 valence electrons. The molecule has 1 unspecified atom stereocenters. The van der Waals surface area contributed by atoms with E-state index in [-0.39, 0.29) is 11.7 Å². The van der Waals surface area contributed by atoms with Gasteiger partial charge < -0.3 is 4.74 Å². The first kappa shape index (κ1) is 18.8. The lowest BCUT2D eigenvalue weighted by molar-refractivity contribution is 0.210. The first-order valence-corrected chi connectivity index (χ1v) is 8.30.